The molecule has 0 aliphatic heterocycles. The Labute approximate surface area is 131 Å². The Kier molecular flexibility index (Phi) is 6.18. The fourth-order valence-electron chi connectivity index (χ4n) is 2.43. The summed E-state index contributed by atoms with van der Waals surface area (Å²) in [5, 5.41) is 2.95. The highest BCUT2D eigenvalue weighted by molar-refractivity contribution is 8.00. The lowest BCUT2D eigenvalue weighted by Gasteiger charge is -2.15. The van der Waals surface area contributed by atoms with E-state index in [9.17, 15) is 4.79 Å². The lowest BCUT2D eigenvalue weighted by molar-refractivity contribution is -0.120. The van der Waals surface area contributed by atoms with Gasteiger partial charge in [-0.3, -0.25) is 4.79 Å². The van der Waals surface area contributed by atoms with Crippen LogP contribution in [-0.2, 0) is 4.79 Å². The monoisotopic (exact) mass is 304 g/mol. The van der Waals surface area contributed by atoms with Crippen LogP contribution in [0.1, 0.15) is 39.0 Å². The van der Waals surface area contributed by atoms with E-state index in [1.807, 2.05) is 31.2 Å². The molecule has 0 aromatic heterocycles. The highest BCUT2D eigenvalue weighted by atomic mass is 32.2. The zero-order valence-electron chi connectivity index (χ0n) is 12.6. The third kappa shape index (κ3) is 5.46. The van der Waals surface area contributed by atoms with Gasteiger partial charge in [0.25, 0.3) is 0 Å². The Bertz CT molecular complexity index is 496. The van der Waals surface area contributed by atoms with Crippen molar-refractivity contribution < 1.29 is 4.79 Å². The summed E-state index contributed by atoms with van der Waals surface area (Å²) in [5.74, 6) is 0.105. The van der Waals surface area contributed by atoms with Crippen LogP contribution in [0.15, 0.2) is 40.8 Å². The van der Waals surface area contributed by atoms with Crippen molar-refractivity contribution in [2.24, 2.45) is 0 Å². The lowest BCUT2D eigenvalue weighted by Crippen LogP contribution is -2.31. The smallest absolute Gasteiger partial charge is 0.233 e. The van der Waals surface area contributed by atoms with Crippen molar-refractivity contribution in [3.63, 3.8) is 0 Å². The molecule has 1 atom stereocenters. The highest BCUT2D eigenvalue weighted by Crippen LogP contribution is 2.24. The second-order valence-electron chi connectivity index (χ2n) is 5.48. The number of hydrogen-bond donors (Lipinski definition) is 2. The topological polar surface area (TPSA) is 55.1 Å². The van der Waals surface area contributed by atoms with Crippen LogP contribution < -0.4 is 11.1 Å². The van der Waals surface area contributed by atoms with Gasteiger partial charge in [-0.05, 0) is 63.3 Å². The molecule has 0 saturated heterocycles. The van der Waals surface area contributed by atoms with Crippen LogP contribution in [0.2, 0.25) is 0 Å². The van der Waals surface area contributed by atoms with E-state index in [1.54, 1.807) is 11.8 Å². The van der Waals surface area contributed by atoms with Crippen molar-refractivity contribution in [2.45, 2.75) is 49.2 Å². The van der Waals surface area contributed by atoms with Crippen molar-refractivity contribution in [2.75, 3.05) is 12.3 Å². The van der Waals surface area contributed by atoms with Crippen LogP contribution in [0.3, 0.4) is 0 Å². The maximum atomic E-state index is 12.1. The summed E-state index contributed by atoms with van der Waals surface area (Å²) >= 11 is 1.56. The maximum Gasteiger partial charge on any atom is 0.233 e. The number of anilines is 1. The van der Waals surface area contributed by atoms with Gasteiger partial charge in [-0.2, -0.15) is 0 Å². The van der Waals surface area contributed by atoms with Gasteiger partial charge in [0.1, 0.15) is 0 Å². The van der Waals surface area contributed by atoms with Crippen LogP contribution in [-0.4, -0.2) is 17.7 Å². The van der Waals surface area contributed by atoms with Crippen LogP contribution in [0.25, 0.3) is 0 Å². The standard InChI is InChI=1S/C17H24N2OS/c1-13(21-16-9-7-15(18)8-10-16)17(20)19-12-11-14-5-3-2-4-6-14/h5,7-10,13H,2-4,6,11-12,18H2,1H3,(H,19,20). The van der Waals surface area contributed by atoms with Gasteiger partial charge in [-0.25, -0.2) is 0 Å². The molecule has 1 unspecified atom stereocenters. The molecule has 1 amide bonds. The number of nitrogens with one attached hydrogen (secondary N) is 1. The quantitative estimate of drug-likeness (QED) is 0.478. The van der Waals surface area contributed by atoms with Gasteiger partial charge in [0.05, 0.1) is 5.25 Å². The number of benzene rings is 1. The first kappa shape index (κ1) is 16.0. The molecule has 0 saturated carbocycles. The first-order valence-electron chi connectivity index (χ1n) is 7.63. The molecule has 21 heavy (non-hydrogen) atoms. The van der Waals surface area contributed by atoms with Gasteiger partial charge < -0.3 is 11.1 Å². The lowest BCUT2D eigenvalue weighted by atomic mass is 9.97. The summed E-state index contributed by atoms with van der Waals surface area (Å²) in [4.78, 5) is 13.2. The summed E-state index contributed by atoms with van der Waals surface area (Å²) < 4.78 is 0. The van der Waals surface area contributed by atoms with Crippen molar-refractivity contribution in [1.29, 1.82) is 0 Å². The van der Waals surface area contributed by atoms with Crippen LogP contribution in [0.4, 0.5) is 5.69 Å². The van der Waals surface area contributed by atoms with Crippen LogP contribution >= 0.6 is 11.8 Å². The zero-order chi connectivity index (χ0) is 15.1. The van der Waals surface area contributed by atoms with E-state index in [4.69, 9.17) is 5.73 Å². The summed E-state index contributed by atoms with van der Waals surface area (Å²) in [7, 11) is 0. The minimum Gasteiger partial charge on any atom is -0.399 e. The molecule has 3 N–H and O–H groups in total. The average molecular weight is 304 g/mol. The normalized spacial score (nSPS) is 16.1. The Hall–Kier alpha value is -1.42. The highest BCUT2D eigenvalue weighted by Gasteiger charge is 2.14. The Morgan fingerprint density at radius 3 is 2.76 bits per heavy atom. The molecule has 114 valence electrons. The third-order valence-corrected chi connectivity index (χ3v) is 4.80. The second-order valence-corrected chi connectivity index (χ2v) is 6.89. The van der Waals surface area contributed by atoms with Gasteiger partial charge >= 0.3 is 0 Å². The van der Waals surface area contributed by atoms with Crippen molar-refractivity contribution in [1.82, 2.24) is 5.32 Å². The number of carbonyl (C=O) groups is 1. The van der Waals surface area contributed by atoms with Gasteiger partial charge in [-0.1, -0.05) is 11.6 Å². The average Bonchev–Trinajstić information content (AvgIpc) is 2.50. The van der Waals surface area contributed by atoms with Gasteiger partial charge in [0.2, 0.25) is 5.91 Å². The molecule has 0 radical (unpaired) electrons. The van der Waals surface area contributed by atoms with Crippen LogP contribution in [0.5, 0.6) is 0 Å². The number of nitrogen functional groups attached to an aromatic ring is 1. The maximum absolute atomic E-state index is 12.1. The first-order valence-corrected chi connectivity index (χ1v) is 8.51. The molecule has 0 heterocycles. The molecule has 3 nitrogen and oxygen atoms in total. The van der Waals surface area contributed by atoms with Crippen LogP contribution in [0, 0.1) is 0 Å². The fraction of sp³-hybridized carbons (Fsp3) is 0.471. The number of nitrogens with two attached hydrogens (primary N) is 1. The summed E-state index contributed by atoms with van der Waals surface area (Å²) in [6.45, 7) is 2.69. The number of amides is 1. The Morgan fingerprint density at radius 1 is 1.33 bits per heavy atom. The van der Waals surface area contributed by atoms with Gasteiger partial charge in [0.15, 0.2) is 0 Å². The predicted molar refractivity (Wildman–Crippen MR) is 90.4 cm³/mol. The molecule has 1 aromatic carbocycles. The molecule has 0 spiro atoms. The van der Waals surface area contributed by atoms with Crippen molar-refractivity contribution in [3.05, 3.63) is 35.9 Å². The molecular weight excluding hydrogens is 280 g/mol. The molecule has 1 aliphatic carbocycles. The number of thioether (sulfide) groups is 1. The zero-order valence-corrected chi connectivity index (χ0v) is 13.4. The SMILES string of the molecule is CC(Sc1ccc(N)cc1)C(=O)NCCC1=CCCCC1. The van der Waals surface area contributed by atoms with E-state index in [1.165, 1.54) is 31.3 Å². The summed E-state index contributed by atoms with van der Waals surface area (Å²) in [6, 6.07) is 7.64. The minimum absolute atomic E-state index is 0.0889. The molecule has 0 bridgehead atoms. The van der Waals surface area contributed by atoms with E-state index in [0.29, 0.717) is 0 Å². The largest absolute Gasteiger partial charge is 0.399 e. The third-order valence-electron chi connectivity index (χ3n) is 3.69. The molecule has 1 aromatic rings. The first-order chi connectivity index (χ1) is 10.1. The molecule has 2 rings (SSSR count). The number of hydrogen-bond acceptors (Lipinski definition) is 3. The molecular formula is C17H24N2OS. The van der Waals surface area contributed by atoms with E-state index >= 15 is 0 Å². The summed E-state index contributed by atoms with van der Waals surface area (Å²) in [6.07, 6.45) is 8.33. The Morgan fingerprint density at radius 2 is 2.10 bits per heavy atom. The second kappa shape index (κ2) is 8.13. The van der Waals surface area contributed by atoms with Crippen molar-refractivity contribution in [3.8, 4) is 0 Å². The minimum atomic E-state index is -0.0889. The van der Waals surface area contributed by atoms with E-state index in [2.05, 4.69) is 11.4 Å². The Balaban J connectivity index is 1.72. The van der Waals surface area contributed by atoms with E-state index in [-0.39, 0.29) is 11.2 Å². The fourth-order valence-corrected chi connectivity index (χ4v) is 3.32. The van der Waals surface area contributed by atoms with Gasteiger partial charge in [-0.15, -0.1) is 11.8 Å². The summed E-state index contributed by atoms with van der Waals surface area (Å²) in [5.41, 5.74) is 7.91. The molecule has 1 aliphatic rings. The van der Waals surface area contributed by atoms with Crippen molar-refractivity contribution >= 4 is 23.4 Å². The number of allylic oxidation sites excluding steroid dienone is 1. The predicted octanol–water partition coefficient (Wildman–Crippen LogP) is 3.76. The van der Waals surface area contributed by atoms with E-state index in [0.717, 1.165) is 23.5 Å². The number of rotatable bonds is 6. The number of carbonyl (C=O) groups excluding carboxylic acids is 1. The molecule has 0 fully saturated rings. The van der Waals surface area contributed by atoms with E-state index < -0.39 is 0 Å². The van der Waals surface area contributed by atoms with Gasteiger partial charge in [0, 0.05) is 17.1 Å². The molecule has 4 heteroatoms.